The van der Waals surface area contributed by atoms with E-state index in [0.717, 1.165) is 11.4 Å². The number of fused-ring (bicyclic) bond motifs is 6. The number of hydrogen-bond acceptors (Lipinski definition) is 5. The average Bonchev–Trinajstić information content (AvgIpc) is 3.61. The lowest BCUT2D eigenvalue weighted by Gasteiger charge is -2.39. The van der Waals surface area contributed by atoms with Crippen molar-refractivity contribution < 1.29 is 0 Å². The lowest BCUT2D eigenvalue weighted by atomic mass is 9.96. The summed E-state index contributed by atoms with van der Waals surface area (Å²) < 4.78 is 0. The van der Waals surface area contributed by atoms with Crippen LogP contribution in [0.2, 0.25) is 0 Å². The Morgan fingerprint density at radius 1 is 0.392 bits per heavy atom. The number of benzene rings is 8. The smallest absolute Gasteiger partial charge is 0.130 e. The van der Waals surface area contributed by atoms with Crippen LogP contribution in [0.15, 0.2) is 176 Å². The Labute approximate surface area is 297 Å². The summed E-state index contributed by atoms with van der Waals surface area (Å²) in [5.41, 5.74) is 8.33. The van der Waals surface area contributed by atoms with Gasteiger partial charge in [-0.2, -0.15) is 0 Å². The Morgan fingerprint density at radius 2 is 0.922 bits per heavy atom. The van der Waals surface area contributed by atoms with Crippen LogP contribution in [0, 0.1) is 0 Å². The molecule has 246 valence electrons. The fourth-order valence-electron chi connectivity index (χ4n) is 8.02. The van der Waals surface area contributed by atoms with Gasteiger partial charge in [-0.3, -0.25) is 16.0 Å². The molecule has 10 rings (SSSR count). The summed E-state index contributed by atoms with van der Waals surface area (Å²) in [6, 6.07) is 63.4. The lowest BCUT2D eigenvalue weighted by molar-refractivity contribution is 0.203. The first-order valence-corrected chi connectivity index (χ1v) is 17.7. The van der Waals surface area contributed by atoms with E-state index in [9.17, 15) is 0 Å². The van der Waals surface area contributed by atoms with E-state index < -0.39 is 0 Å². The monoisotopic (exact) mass is 659 g/mol. The molecule has 0 saturated carbocycles. The SMILES string of the molecule is c1ccc(C2NC(c3ccc4ccccc4c3)NC(c3ccc4ccc5ccc6c(c5c4c3)NC(c3ccccc3)N6c3ccccc3)N2)cc1. The molecule has 4 atom stereocenters. The Kier molecular flexibility index (Phi) is 7.27. The number of nitrogens with one attached hydrogen (secondary N) is 4. The predicted octanol–water partition coefficient (Wildman–Crippen LogP) is 10.6. The minimum Gasteiger partial charge on any atom is -0.359 e. The van der Waals surface area contributed by atoms with Gasteiger partial charge < -0.3 is 10.2 Å². The standard InChI is InChI=1S/C46H37N5/c1-4-13-33(14-5-1)43-48-44(36-24-20-30-12-10-11-17-35(30)28-36)50-45(49-43)37-25-22-31-21-23-32-26-27-40-42(41(32)39(31)29-37)47-46(34-15-6-2-7-16-34)51(40)38-18-8-3-9-19-38/h1-29,43-50H. The molecule has 0 spiro atoms. The van der Waals surface area contributed by atoms with Crippen molar-refractivity contribution in [3.8, 4) is 0 Å². The molecule has 0 radical (unpaired) electrons. The van der Waals surface area contributed by atoms with E-state index >= 15 is 0 Å². The summed E-state index contributed by atoms with van der Waals surface area (Å²) in [5, 5.41) is 23.1. The van der Waals surface area contributed by atoms with Gasteiger partial charge in [0.05, 0.1) is 29.9 Å². The summed E-state index contributed by atoms with van der Waals surface area (Å²) in [7, 11) is 0. The molecule has 8 aromatic carbocycles. The van der Waals surface area contributed by atoms with Crippen LogP contribution in [0.5, 0.6) is 0 Å². The zero-order valence-electron chi connectivity index (χ0n) is 28.0. The van der Waals surface area contributed by atoms with Crippen molar-refractivity contribution in [2.75, 3.05) is 10.2 Å². The zero-order valence-corrected chi connectivity index (χ0v) is 28.0. The van der Waals surface area contributed by atoms with Crippen LogP contribution in [0.4, 0.5) is 17.1 Å². The van der Waals surface area contributed by atoms with Crippen molar-refractivity contribution in [1.29, 1.82) is 0 Å². The van der Waals surface area contributed by atoms with E-state index in [1.165, 1.54) is 60.3 Å². The molecule has 5 nitrogen and oxygen atoms in total. The molecule has 0 amide bonds. The van der Waals surface area contributed by atoms with Gasteiger partial charge in [-0.05, 0) is 79.5 Å². The molecule has 1 saturated heterocycles. The van der Waals surface area contributed by atoms with Crippen LogP contribution in [0.3, 0.4) is 0 Å². The van der Waals surface area contributed by atoms with E-state index in [0.29, 0.717) is 0 Å². The van der Waals surface area contributed by atoms with Gasteiger partial charge in [-0.15, -0.1) is 0 Å². The minimum atomic E-state index is -0.102. The molecule has 4 unspecified atom stereocenters. The second-order valence-corrected chi connectivity index (χ2v) is 13.6. The van der Waals surface area contributed by atoms with Crippen molar-refractivity contribution >= 4 is 49.4 Å². The van der Waals surface area contributed by atoms with E-state index in [4.69, 9.17) is 0 Å². The molecule has 2 aliphatic rings. The second kappa shape index (κ2) is 12.4. The minimum absolute atomic E-state index is 0.0327. The fourth-order valence-corrected chi connectivity index (χ4v) is 8.02. The number of anilines is 3. The topological polar surface area (TPSA) is 51.4 Å². The van der Waals surface area contributed by atoms with Crippen LogP contribution in [-0.2, 0) is 0 Å². The first-order valence-electron chi connectivity index (χ1n) is 17.7. The van der Waals surface area contributed by atoms with Gasteiger partial charge in [0.1, 0.15) is 6.17 Å². The number of hydrogen-bond donors (Lipinski definition) is 4. The molecule has 8 aromatic rings. The Bertz CT molecular complexity index is 2520. The van der Waals surface area contributed by atoms with E-state index in [2.05, 4.69) is 202 Å². The number of rotatable bonds is 5. The largest absolute Gasteiger partial charge is 0.359 e. The highest BCUT2D eigenvalue weighted by Gasteiger charge is 2.34. The Balaban J connectivity index is 1.10. The third-order valence-corrected chi connectivity index (χ3v) is 10.5. The van der Waals surface area contributed by atoms with Crippen LogP contribution in [0.1, 0.15) is 46.9 Å². The van der Waals surface area contributed by atoms with Gasteiger partial charge in [0, 0.05) is 11.1 Å². The Morgan fingerprint density at radius 3 is 1.65 bits per heavy atom. The molecule has 0 aliphatic carbocycles. The van der Waals surface area contributed by atoms with Crippen molar-refractivity contribution in [2.45, 2.75) is 24.7 Å². The van der Waals surface area contributed by atoms with Gasteiger partial charge in [0.25, 0.3) is 0 Å². The van der Waals surface area contributed by atoms with Crippen molar-refractivity contribution in [2.24, 2.45) is 0 Å². The third-order valence-electron chi connectivity index (χ3n) is 10.5. The van der Waals surface area contributed by atoms with Crippen LogP contribution in [-0.4, -0.2) is 0 Å². The van der Waals surface area contributed by atoms with Crippen LogP contribution >= 0.6 is 0 Å². The van der Waals surface area contributed by atoms with Gasteiger partial charge in [0.2, 0.25) is 0 Å². The van der Waals surface area contributed by atoms with Gasteiger partial charge in [0.15, 0.2) is 0 Å². The molecule has 2 heterocycles. The maximum absolute atomic E-state index is 3.99. The molecule has 1 fully saturated rings. The van der Waals surface area contributed by atoms with Crippen molar-refractivity contribution in [3.63, 3.8) is 0 Å². The fraction of sp³-hybridized carbons (Fsp3) is 0.0870. The second-order valence-electron chi connectivity index (χ2n) is 13.6. The maximum atomic E-state index is 3.99. The first-order chi connectivity index (χ1) is 25.3. The normalized spacial score (nSPS) is 20.0. The number of nitrogens with zero attached hydrogens (tertiary/aromatic N) is 1. The summed E-state index contributed by atoms with van der Waals surface area (Å²) in [5.74, 6) is 0. The summed E-state index contributed by atoms with van der Waals surface area (Å²) in [6.45, 7) is 0. The highest BCUT2D eigenvalue weighted by Crippen LogP contribution is 2.50. The molecule has 0 aromatic heterocycles. The van der Waals surface area contributed by atoms with Crippen LogP contribution in [0.25, 0.3) is 32.3 Å². The highest BCUT2D eigenvalue weighted by molar-refractivity contribution is 6.17. The third kappa shape index (κ3) is 5.31. The molecular weight excluding hydrogens is 623 g/mol. The molecule has 5 heteroatoms. The average molecular weight is 660 g/mol. The van der Waals surface area contributed by atoms with E-state index in [1.807, 2.05) is 0 Å². The Hall–Kier alpha value is -5.98. The molecular formula is C46H37N5. The molecule has 51 heavy (non-hydrogen) atoms. The van der Waals surface area contributed by atoms with Gasteiger partial charge >= 0.3 is 0 Å². The highest BCUT2D eigenvalue weighted by atomic mass is 15.4. The molecule has 0 bridgehead atoms. The van der Waals surface area contributed by atoms with E-state index in [1.54, 1.807) is 0 Å². The van der Waals surface area contributed by atoms with Crippen LogP contribution < -0.4 is 26.2 Å². The van der Waals surface area contributed by atoms with Gasteiger partial charge in [-0.1, -0.05) is 146 Å². The number of para-hydroxylation sites is 1. The molecule has 2 aliphatic heterocycles. The summed E-state index contributed by atoms with van der Waals surface area (Å²) >= 11 is 0. The van der Waals surface area contributed by atoms with Crippen molar-refractivity contribution in [3.05, 3.63) is 198 Å². The zero-order chi connectivity index (χ0) is 33.7. The lowest BCUT2D eigenvalue weighted by Crippen LogP contribution is -2.54. The van der Waals surface area contributed by atoms with Crippen molar-refractivity contribution in [1.82, 2.24) is 16.0 Å². The van der Waals surface area contributed by atoms with Gasteiger partial charge in [-0.25, -0.2) is 0 Å². The van der Waals surface area contributed by atoms with E-state index in [-0.39, 0.29) is 24.7 Å². The first kappa shape index (κ1) is 29.9. The molecule has 4 N–H and O–H groups in total. The quantitative estimate of drug-likeness (QED) is 0.139. The predicted molar refractivity (Wildman–Crippen MR) is 211 cm³/mol. The maximum Gasteiger partial charge on any atom is 0.130 e. The summed E-state index contributed by atoms with van der Waals surface area (Å²) in [4.78, 5) is 2.43. The summed E-state index contributed by atoms with van der Waals surface area (Å²) in [6.07, 6.45) is -0.245.